The number of halogens is 1. The van der Waals surface area contributed by atoms with Crippen LogP contribution in [0.2, 0.25) is 5.02 Å². The molecule has 31 heavy (non-hydrogen) atoms. The van der Waals surface area contributed by atoms with Crippen LogP contribution in [0.5, 0.6) is 0 Å². The number of benzene rings is 1. The van der Waals surface area contributed by atoms with Crippen molar-refractivity contribution in [2.75, 3.05) is 39.3 Å². The first kappa shape index (κ1) is 22.3. The number of hydrogen-bond donors (Lipinski definition) is 0. The fourth-order valence-corrected chi connectivity index (χ4v) is 6.04. The van der Waals surface area contributed by atoms with Crippen LogP contribution in [0, 0.1) is 5.92 Å². The van der Waals surface area contributed by atoms with Crippen molar-refractivity contribution in [2.45, 2.75) is 24.3 Å². The van der Waals surface area contributed by atoms with E-state index in [2.05, 4.69) is 16.1 Å². The Bertz CT molecular complexity index is 1030. The van der Waals surface area contributed by atoms with Crippen LogP contribution in [0.1, 0.15) is 18.4 Å². The highest BCUT2D eigenvalue weighted by atomic mass is 35.5. The Kier molecular flexibility index (Phi) is 6.66. The number of nitrogens with zero attached hydrogens (tertiary/aromatic N) is 5. The first-order valence-corrected chi connectivity index (χ1v) is 12.4. The van der Waals surface area contributed by atoms with Gasteiger partial charge in [-0.2, -0.15) is 9.40 Å². The number of amides is 1. The molecule has 1 aromatic heterocycles. The number of piperidine rings is 1. The molecule has 0 saturated carbocycles. The highest BCUT2D eigenvalue weighted by Crippen LogP contribution is 2.25. The molecule has 1 atom stereocenters. The fourth-order valence-electron chi connectivity index (χ4n) is 4.32. The number of sulfonamides is 1. The summed E-state index contributed by atoms with van der Waals surface area (Å²) in [6, 6.07) is 7.84. The summed E-state index contributed by atoms with van der Waals surface area (Å²) in [5.41, 5.74) is 1.16. The SMILES string of the molecule is Cn1cc(S(=O)(=O)N2CCC[C@H](C(=O)N3CCN(Cc4cccc(Cl)c4)CC3)C2)cn1. The molecule has 2 fully saturated rings. The number of aromatic nitrogens is 2. The molecule has 2 aliphatic rings. The predicted molar refractivity (Wildman–Crippen MR) is 118 cm³/mol. The molecule has 0 N–H and O–H groups in total. The quantitative estimate of drug-likeness (QED) is 0.673. The normalized spacial score (nSPS) is 21.4. The van der Waals surface area contributed by atoms with E-state index in [1.54, 1.807) is 7.05 Å². The van der Waals surface area contributed by atoms with Crippen molar-refractivity contribution < 1.29 is 13.2 Å². The maximum absolute atomic E-state index is 13.1. The summed E-state index contributed by atoms with van der Waals surface area (Å²) in [4.78, 5) is 17.5. The van der Waals surface area contributed by atoms with Crippen LogP contribution in [-0.2, 0) is 28.4 Å². The van der Waals surface area contributed by atoms with Gasteiger partial charge in [0, 0.05) is 64.1 Å². The molecule has 0 bridgehead atoms. The van der Waals surface area contributed by atoms with Gasteiger partial charge in [0.1, 0.15) is 4.90 Å². The van der Waals surface area contributed by atoms with Gasteiger partial charge in [0.2, 0.25) is 15.9 Å². The number of aryl methyl sites for hydroxylation is 1. The molecule has 2 aliphatic heterocycles. The summed E-state index contributed by atoms with van der Waals surface area (Å²) in [7, 11) is -1.94. The van der Waals surface area contributed by atoms with Gasteiger partial charge >= 0.3 is 0 Å². The molecular formula is C21H28ClN5O3S. The first-order valence-electron chi connectivity index (χ1n) is 10.6. The van der Waals surface area contributed by atoms with Crippen molar-refractivity contribution in [1.29, 1.82) is 0 Å². The Morgan fingerprint density at radius 3 is 2.65 bits per heavy atom. The Labute approximate surface area is 188 Å². The number of hydrogen-bond acceptors (Lipinski definition) is 5. The number of carbonyl (C=O) groups excluding carboxylic acids is 1. The van der Waals surface area contributed by atoms with E-state index >= 15 is 0 Å². The van der Waals surface area contributed by atoms with E-state index in [1.165, 1.54) is 21.4 Å². The summed E-state index contributed by atoms with van der Waals surface area (Å²) in [5.74, 6) is -0.229. The molecule has 8 nitrogen and oxygen atoms in total. The molecule has 0 unspecified atom stereocenters. The van der Waals surface area contributed by atoms with Crippen molar-refractivity contribution in [1.82, 2.24) is 23.9 Å². The fraction of sp³-hybridized carbons (Fsp3) is 0.524. The summed E-state index contributed by atoms with van der Waals surface area (Å²) < 4.78 is 28.7. The zero-order valence-electron chi connectivity index (χ0n) is 17.7. The van der Waals surface area contributed by atoms with Gasteiger partial charge in [-0.3, -0.25) is 14.4 Å². The van der Waals surface area contributed by atoms with E-state index < -0.39 is 10.0 Å². The highest BCUT2D eigenvalue weighted by molar-refractivity contribution is 7.89. The van der Waals surface area contributed by atoms with Crippen LogP contribution in [0.4, 0.5) is 0 Å². The van der Waals surface area contributed by atoms with Crippen molar-refractivity contribution in [3.8, 4) is 0 Å². The lowest BCUT2D eigenvalue weighted by atomic mass is 9.97. The molecule has 3 heterocycles. The molecule has 4 rings (SSSR count). The molecule has 0 spiro atoms. The second kappa shape index (κ2) is 9.28. The summed E-state index contributed by atoms with van der Waals surface area (Å²) in [6.45, 7) is 4.39. The zero-order chi connectivity index (χ0) is 22.0. The second-order valence-electron chi connectivity index (χ2n) is 8.28. The molecular weight excluding hydrogens is 438 g/mol. The van der Waals surface area contributed by atoms with Crippen molar-refractivity contribution >= 4 is 27.5 Å². The summed E-state index contributed by atoms with van der Waals surface area (Å²) in [5, 5.41) is 4.70. The minimum absolute atomic E-state index is 0.0634. The first-order chi connectivity index (χ1) is 14.8. The van der Waals surface area contributed by atoms with Crippen LogP contribution >= 0.6 is 11.6 Å². The Hall–Kier alpha value is -1.94. The van der Waals surface area contributed by atoms with Gasteiger partial charge in [-0.25, -0.2) is 8.42 Å². The van der Waals surface area contributed by atoms with Gasteiger partial charge in [-0.05, 0) is 30.5 Å². The standard InChI is InChI=1S/C21H28ClN5O3S/c1-24-16-20(13-23-24)31(29,30)27-7-3-5-18(15-27)21(28)26-10-8-25(9-11-26)14-17-4-2-6-19(22)12-17/h2,4,6,12-13,16,18H,3,5,7-11,14-15H2,1H3/t18-/m0/s1. The van der Waals surface area contributed by atoms with Gasteiger partial charge in [-0.1, -0.05) is 23.7 Å². The number of rotatable bonds is 5. The second-order valence-corrected chi connectivity index (χ2v) is 10.7. The third kappa shape index (κ3) is 5.11. The molecule has 1 aromatic carbocycles. The Morgan fingerprint density at radius 2 is 1.97 bits per heavy atom. The lowest BCUT2D eigenvalue weighted by Gasteiger charge is -2.38. The molecule has 168 valence electrons. The van der Waals surface area contributed by atoms with E-state index in [1.807, 2.05) is 23.1 Å². The smallest absolute Gasteiger partial charge is 0.246 e. The number of piperazine rings is 1. The number of carbonyl (C=O) groups is 1. The zero-order valence-corrected chi connectivity index (χ0v) is 19.2. The van der Waals surface area contributed by atoms with Gasteiger partial charge < -0.3 is 4.90 Å². The van der Waals surface area contributed by atoms with Crippen molar-refractivity contribution in [2.24, 2.45) is 13.0 Å². The lowest BCUT2D eigenvalue weighted by molar-refractivity contribution is -0.138. The Balaban J connectivity index is 1.33. The third-order valence-corrected chi connectivity index (χ3v) is 8.08. The topological polar surface area (TPSA) is 78.8 Å². The van der Waals surface area contributed by atoms with Crippen LogP contribution in [-0.4, -0.2) is 77.5 Å². The highest BCUT2D eigenvalue weighted by Gasteiger charge is 2.36. The van der Waals surface area contributed by atoms with Crippen LogP contribution in [0.3, 0.4) is 0 Å². The molecule has 0 radical (unpaired) electrons. The van der Waals surface area contributed by atoms with E-state index in [-0.39, 0.29) is 23.3 Å². The van der Waals surface area contributed by atoms with E-state index in [0.29, 0.717) is 26.1 Å². The van der Waals surface area contributed by atoms with Crippen LogP contribution in [0.25, 0.3) is 0 Å². The summed E-state index contributed by atoms with van der Waals surface area (Å²) >= 11 is 6.07. The van der Waals surface area contributed by atoms with Gasteiger partial charge in [0.05, 0.1) is 12.1 Å². The average Bonchev–Trinajstić information content (AvgIpc) is 3.21. The lowest BCUT2D eigenvalue weighted by Crippen LogP contribution is -2.52. The molecule has 0 aliphatic carbocycles. The minimum atomic E-state index is -3.63. The average molecular weight is 466 g/mol. The third-order valence-electron chi connectivity index (χ3n) is 6.03. The monoisotopic (exact) mass is 465 g/mol. The van der Waals surface area contributed by atoms with Crippen LogP contribution < -0.4 is 0 Å². The van der Waals surface area contributed by atoms with Crippen LogP contribution in [0.15, 0.2) is 41.6 Å². The van der Waals surface area contributed by atoms with Gasteiger partial charge in [-0.15, -0.1) is 0 Å². The molecule has 1 amide bonds. The summed E-state index contributed by atoms with van der Waals surface area (Å²) in [6.07, 6.45) is 4.27. The Morgan fingerprint density at radius 1 is 1.19 bits per heavy atom. The van der Waals surface area contributed by atoms with Crippen molar-refractivity contribution in [3.63, 3.8) is 0 Å². The largest absolute Gasteiger partial charge is 0.340 e. The van der Waals surface area contributed by atoms with Crippen molar-refractivity contribution in [3.05, 3.63) is 47.2 Å². The van der Waals surface area contributed by atoms with E-state index in [4.69, 9.17) is 11.6 Å². The molecule has 2 aromatic rings. The van der Waals surface area contributed by atoms with Gasteiger partial charge in [0.15, 0.2) is 0 Å². The van der Waals surface area contributed by atoms with Gasteiger partial charge in [0.25, 0.3) is 0 Å². The maximum Gasteiger partial charge on any atom is 0.246 e. The molecule has 10 heteroatoms. The van der Waals surface area contributed by atoms with E-state index in [9.17, 15) is 13.2 Å². The maximum atomic E-state index is 13.1. The predicted octanol–water partition coefficient (Wildman–Crippen LogP) is 1.82. The minimum Gasteiger partial charge on any atom is -0.340 e. The molecule has 2 saturated heterocycles. The van der Waals surface area contributed by atoms with E-state index in [0.717, 1.165) is 36.6 Å².